The van der Waals surface area contributed by atoms with Gasteiger partial charge >= 0.3 is 6.03 Å². The first-order valence-corrected chi connectivity index (χ1v) is 19.2. The van der Waals surface area contributed by atoms with Crippen LogP contribution in [-0.2, 0) is 35.3 Å². The Bertz CT molecular complexity index is 1360. The van der Waals surface area contributed by atoms with Crippen molar-refractivity contribution in [2.24, 2.45) is 0 Å². The number of nitrogens with one attached hydrogen (secondary N) is 1. The number of carbonyl (C=O) groups is 3. The Hall–Kier alpha value is -3.63. The van der Waals surface area contributed by atoms with Gasteiger partial charge in [0.25, 0.3) is 0 Å². The first-order chi connectivity index (χ1) is 24.3. The van der Waals surface area contributed by atoms with Crippen molar-refractivity contribution in [1.29, 1.82) is 0 Å². The molecule has 3 aliphatic rings. The average Bonchev–Trinajstić information content (AvgIpc) is 3.16. The molecule has 3 fully saturated rings. The maximum absolute atomic E-state index is 14.1. The molecule has 0 spiro atoms. The maximum Gasteiger partial charge on any atom is 0.318 e. The standard InChI is InChI=1S/C38H57N7O3.C2H6/c1-4-30-11-10-29(26-31(30)5-2)27-36(37(47)43-24-22-42(23-25-43)33-13-17-41(3)18-14-33)40-38(48)44-20-15-34(16-21-44)45(28-46)19-12-32-8-6-7-9-35(32)39;1-2/h6-11,26,28,33-34,36H,4-5,12-25,27,39H2,1-3H3,(H,40,48);1-2H3/t36-;/m1./s1. The van der Waals surface area contributed by atoms with E-state index in [2.05, 4.69) is 54.2 Å². The minimum atomic E-state index is -0.634. The van der Waals surface area contributed by atoms with Gasteiger partial charge in [-0.25, -0.2) is 4.79 Å². The van der Waals surface area contributed by atoms with Gasteiger partial charge in [-0.05, 0) is 93.4 Å². The molecule has 0 bridgehead atoms. The van der Waals surface area contributed by atoms with Crippen LogP contribution in [-0.4, -0.2) is 127 Å². The second-order valence-corrected chi connectivity index (χ2v) is 13.9. The summed E-state index contributed by atoms with van der Waals surface area (Å²) in [5.74, 6) is 0.00574. The van der Waals surface area contributed by atoms with Gasteiger partial charge in [0.2, 0.25) is 12.3 Å². The molecule has 0 unspecified atom stereocenters. The molecule has 0 aromatic heterocycles. The lowest BCUT2D eigenvalue weighted by atomic mass is 9.96. The van der Waals surface area contributed by atoms with E-state index in [0.717, 1.165) is 62.2 Å². The van der Waals surface area contributed by atoms with Crippen LogP contribution < -0.4 is 11.1 Å². The average molecular weight is 690 g/mol. The minimum Gasteiger partial charge on any atom is -0.399 e. The molecule has 4 amide bonds. The number of benzene rings is 2. The summed E-state index contributed by atoms with van der Waals surface area (Å²) in [6.07, 6.45) is 7.76. The van der Waals surface area contributed by atoms with Crippen molar-refractivity contribution in [2.75, 3.05) is 71.7 Å². The lowest BCUT2D eigenvalue weighted by molar-refractivity contribution is -0.135. The van der Waals surface area contributed by atoms with Crippen LogP contribution >= 0.6 is 0 Å². The number of hydrogen-bond acceptors (Lipinski definition) is 6. The normalized spacial score (nSPS) is 18.6. The zero-order valence-electron chi connectivity index (χ0n) is 31.4. The highest BCUT2D eigenvalue weighted by molar-refractivity contribution is 5.87. The predicted molar refractivity (Wildman–Crippen MR) is 203 cm³/mol. The third-order valence-electron chi connectivity index (χ3n) is 10.9. The van der Waals surface area contributed by atoms with Crippen LogP contribution in [0.1, 0.15) is 75.6 Å². The second kappa shape index (κ2) is 19.7. The molecule has 50 heavy (non-hydrogen) atoms. The Morgan fingerprint density at radius 2 is 1.52 bits per heavy atom. The van der Waals surface area contributed by atoms with Crippen molar-refractivity contribution in [3.63, 3.8) is 0 Å². The molecule has 5 rings (SSSR count). The number of amides is 4. The number of piperidine rings is 2. The SMILES string of the molecule is CC.CCc1ccc(C[C@@H](NC(=O)N2CCC(N(C=O)CCc3ccccc3N)CC2)C(=O)N2CCN(C3CCN(C)CC3)CC2)cc1CC. The van der Waals surface area contributed by atoms with Crippen LogP contribution in [0, 0.1) is 0 Å². The van der Waals surface area contributed by atoms with E-state index in [1.54, 1.807) is 0 Å². The third-order valence-corrected chi connectivity index (χ3v) is 10.9. The Morgan fingerprint density at radius 3 is 2.14 bits per heavy atom. The Kier molecular flexibility index (Phi) is 15.4. The number of para-hydroxylation sites is 1. The summed E-state index contributed by atoms with van der Waals surface area (Å²) in [5.41, 5.74) is 11.6. The van der Waals surface area contributed by atoms with E-state index in [1.807, 2.05) is 52.8 Å². The number of piperazine rings is 1. The van der Waals surface area contributed by atoms with Crippen molar-refractivity contribution < 1.29 is 14.4 Å². The number of rotatable bonds is 12. The number of nitrogens with zero attached hydrogens (tertiary/aromatic N) is 5. The van der Waals surface area contributed by atoms with Crippen molar-refractivity contribution in [1.82, 2.24) is 29.8 Å². The van der Waals surface area contributed by atoms with Crippen LogP contribution in [0.5, 0.6) is 0 Å². The molecule has 276 valence electrons. The van der Waals surface area contributed by atoms with E-state index in [4.69, 9.17) is 5.73 Å². The molecule has 2 aromatic rings. The van der Waals surface area contributed by atoms with Gasteiger partial charge in [0.15, 0.2) is 0 Å². The van der Waals surface area contributed by atoms with Crippen molar-refractivity contribution in [3.05, 3.63) is 64.7 Å². The predicted octanol–water partition coefficient (Wildman–Crippen LogP) is 4.44. The molecule has 10 nitrogen and oxygen atoms in total. The van der Waals surface area contributed by atoms with Gasteiger partial charge < -0.3 is 30.7 Å². The molecule has 2 aromatic carbocycles. The molecule has 3 aliphatic heterocycles. The number of nitrogen functional groups attached to an aromatic ring is 1. The molecule has 0 aliphatic carbocycles. The highest BCUT2D eigenvalue weighted by atomic mass is 16.2. The quantitative estimate of drug-likeness (QED) is 0.252. The number of nitrogens with two attached hydrogens (primary N) is 1. The Labute approximate surface area is 301 Å². The maximum atomic E-state index is 14.1. The lowest BCUT2D eigenvalue weighted by Crippen LogP contribution is -2.59. The van der Waals surface area contributed by atoms with E-state index < -0.39 is 6.04 Å². The highest BCUT2D eigenvalue weighted by Crippen LogP contribution is 2.21. The number of aryl methyl sites for hydroxylation is 2. The Balaban J connectivity index is 0.00000276. The summed E-state index contributed by atoms with van der Waals surface area (Å²) >= 11 is 0. The zero-order chi connectivity index (χ0) is 36.0. The van der Waals surface area contributed by atoms with Crippen molar-refractivity contribution in [2.45, 2.75) is 97.2 Å². The fourth-order valence-electron chi connectivity index (χ4n) is 7.78. The zero-order valence-corrected chi connectivity index (χ0v) is 31.4. The Morgan fingerprint density at radius 1 is 0.860 bits per heavy atom. The van der Waals surface area contributed by atoms with Crippen LogP contribution in [0.3, 0.4) is 0 Å². The molecule has 3 saturated heterocycles. The first kappa shape index (κ1) is 39.2. The topological polar surface area (TPSA) is 105 Å². The lowest BCUT2D eigenvalue weighted by Gasteiger charge is -2.43. The summed E-state index contributed by atoms with van der Waals surface area (Å²) in [7, 11) is 2.19. The van der Waals surface area contributed by atoms with E-state index in [1.165, 1.54) is 24.0 Å². The number of likely N-dealkylation sites (tertiary alicyclic amines) is 2. The summed E-state index contributed by atoms with van der Waals surface area (Å²) < 4.78 is 0. The van der Waals surface area contributed by atoms with E-state index >= 15 is 0 Å². The molecule has 10 heteroatoms. The van der Waals surface area contributed by atoms with Gasteiger partial charge in [-0.2, -0.15) is 0 Å². The largest absolute Gasteiger partial charge is 0.399 e. The van der Waals surface area contributed by atoms with E-state index in [9.17, 15) is 14.4 Å². The fraction of sp³-hybridized carbons (Fsp3) is 0.625. The van der Waals surface area contributed by atoms with Crippen molar-refractivity contribution in [3.8, 4) is 0 Å². The number of urea groups is 1. The van der Waals surface area contributed by atoms with Gasteiger partial charge in [-0.3, -0.25) is 14.5 Å². The smallest absolute Gasteiger partial charge is 0.318 e. The number of carbonyl (C=O) groups excluding carboxylic acids is 3. The summed E-state index contributed by atoms with van der Waals surface area (Å²) in [6.45, 7) is 15.4. The summed E-state index contributed by atoms with van der Waals surface area (Å²) in [5, 5.41) is 3.17. The van der Waals surface area contributed by atoms with Crippen LogP contribution in [0.25, 0.3) is 0 Å². The van der Waals surface area contributed by atoms with Gasteiger partial charge in [-0.1, -0.05) is 64.1 Å². The molecule has 3 heterocycles. The number of hydrogen-bond donors (Lipinski definition) is 2. The molecular formula is C40H63N7O3. The fourth-order valence-corrected chi connectivity index (χ4v) is 7.78. The molecule has 0 radical (unpaired) electrons. The molecule has 0 saturated carbocycles. The van der Waals surface area contributed by atoms with Gasteiger partial charge in [0.1, 0.15) is 6.04 Å². The van der Waals surface area contributed by atoms with Crippen molar-refractivity contribution >= 4 is 24.0 Å². The molecule has 1 atom stereocenters. The van der Waals surface area contributed by atoms with E-state index in [0.29, 0.717) is 64.4 Å². The van der Waals surface area contributed by atoms with Gasteiger partial charge in [-0.15, -0.1) is 0 Å². The second-order valence-electron chi connectivity index (χ2n) is 13.9. The molecule has 3 N–H and O–H groups in total. The van der Waals surface area contributed by atoms with E-state index in [-0.39, 0.29) is 18.0 Å². The summed E-state index contributed by atoms with van der Waals surface area (Å²) in [4.78, 5) is 50.5. The van der Waals surface area contributed by atoms with Gasteiger partial charge in [0, 0.05) is 70.0 Å². The number of anilines is 1. The summed E-state index contributed by atoms with van der Waals surface area (Å²) in [6, 6.07) is 14.1. The van der Waals surface area contributed by atoms with Crippen LogP contribution in [0.4, 0.5) is 10.5 Å². The van der Waals surface area contributed by atoms with Crippen LogP contribution in [0.15, 0.2) is 42.5 Å². The molecular weight excluding hydrogens is 626 g/mol. The minimum absolute atomic E-state index is 0.00574. The monoisotopic (exact) mass is 689 g/mol. The first-order valence-electron chi connectivity index (χ1n) is 19.2. The third kappa shape index (κ3) is 10.4. The highest BCUT2D eigenvalue weighted by Gasteiger charge is 2.34. The van der Waals surface area contributed by atoms with Crippen LogP contribution in [0.2, 0.25) is 0 Å². The van der Waals surface area contributed by atoms with Gasteiger partial charge in [0.05, 0.1) is 0 Å².